The number of carbonyl (C=O) groups excluding carboxylic acids is 1. The molecule has 0 aliphatic heterocycles. The summed E-state index contributed by atoms with van der Waals surface area (Å²) in [5.74, 6) is -0.641. The fourth-order valence-corrected chi connectivity index (χ4v) is 4.57. The highest BCUT2D eigenvalue weighted by atomic mass is 35.5. The highest BCUT2D eigenvalue weighted by Crippen LogP contribution is 2.45. The molecule has 2 aromatic carbocycles. The van der Waals surface area contributed by atoms with Crippen LogP contribution in [0.5, 0.6) is 11.8 Å². The van der Waals surface area contributed by atoms with Crippen LogP contribution >= 0.6 is 11.6 Å². The summed E-state index contributed by atoms with van der Waals surface area (Å²) in [5, 5.41) is 15.1. The van der Waals surface area contributed by atoms with E-state index in [2.05, 4.69) is 22.3 Å². The number of ketones is 1. The summed E-state index contributed by atoms with van der Waals surface area (Å²) in [6.07, 6.45) is 3.18. The summed E-state index contributed by atoms with van der Waals surface area (Å²) >= 11 is 6.56. The number of aromatic hydroxyl groups is 1. The van der Waals surface area contributed by atoms with E-state index in [1.165, 1.54) is 13.2 Å². The van der Waals surface area contributed by atoms with Crippen molar-refractivity contribution < 1.29 is 23.9 Å². The monoisotopic (exact) mass is 452 g/mol. The Bertz CT molecular complexity index is 1310. The van der Waals surface area contributed by atoms with Crippen LogP contribution in [-0.2, 0) is 10.3 Å². The van der Waals surface area contributed by atoms with E-state index in [0.29, 0.717) is 15.9 Å². The normalized spacial score (nSPS) is 15.0. The maximum Gasteiger partial charge on any atom is 0.254 e. The van der Waals surface area contributed by atoms with Gasteiger partial charge in [0.15, 0.2) is 0 Å². The number of ether oxygens (including phenoxy) is 2. The molecule has 32 heavy (non-hydrogen) atoms. The molecule has 7 nitrogen and oxygen atoms in total. The number of halogens is 1. The lowest BCUT2D eigenvalue weighted by molar-refractivity contribution is -0.0778. The first kappa shape index (κ1) is 20.6. The Labute approximate surface area is 188 Å². The number of H-pyrrole nitrogens is 1. The summed E-state index contributed by atoms with van der Waals surface area (Å²) in [6.45, 7) is 0. The fourth-order valence-electron chi connectivity index (χ4n) is 4.30. The fraction of sp³-hybridized carbons (Fsp3) is 0.250. The van der Waals surface area contributed by atoms with Crippen LogP contribution in [0.25, 0.3) is 22.0 Å². The Balaban J connectivity index is 1.57. The second-order valence-electron chi connectivity index (χ2n) is 7.92. The van der Waals surface area contributed by atoms with Gasteiger partial charge in [-0.3, -0.25) is 4.79 Å². The second-order valence-corrected chi connectivity index (χ2v) is 8.33. The molecule has 1 saturated carbocycles. The number of nitrogens with one attached hydrogen (secondary N) is 1. The van der Waals surface area contributed by atoms with Crippen LogP contribution in [0.15, 0.2) is 47.0 Å². The third kappa shape index (κ3) is 3.16. The van der Waals surface area contributed by atoms with E-state index in [1.54, 1.807) is 19.2 Å². The second kappa shape index (κ2) is 7.69. The van der Waals surface area contributed by atoms with E-state index in [-0.39, 0.29) is 28.7 Å². The van der Waals surface area contributed by atoms with Crippen molar-refractivity contribution in [1.82, 2.24) is 10.1 Å². The number of methoxy groups -OCH3 is 2. The Hall–Kier alpha value is -3.29. The van der Waals surface area contributed by atoms with Gasteiger partial charge in [0.05, 0.1) is 34.9 Å². The Kier molecular flexibility index (Phi) is 4.95. The molecule has 0 spiro atoms. The number of aromatic nitrogens is 2. The van der Waals surface area contributed by atoms with Crippen LogP contribution in [0, 0.1) is 0 Å². The summed E-state index contributed by atoms with van der Waals surface area (Å²) in [6, 6.07) is 13.0. The van der Waals surface area contributed by atoms with E-state index in [4.69, 9.17) is 25.6 Å². The first-order valence-electron chi connectivity index (χ1n) is 10.2. The number of aromatic amines is 1. The number of fused-ring (bicyclic) bond motifs is 1. The van der Waals surface area contributed by atoms with Gasteiger partial charge in [-0.15, -0.1) is 0 Å². The molecular weight excluding hydrogens is 432 g/mol. The van der Waals surface area contributed by atoms with E-state index < -0.39 is 5.78 Å². The number of nitrogens with zero attached hydrogens (tertiary/aromatic N) is 1. The largest absolute Gasteiger partial charge is 0.494 e. The molecule has 1 aliphatic rings. The Morgan fingerprint density at radius 2 is 1.94 bits per heavy atom. The Morgan fingerprint density at radius 3 is 2.53 bits per heavy atom. The zero-order valence-corrected chi connectivity index (χ0v) is 18.3. The SMILES string of the molecule is COc1cc(C(=O)c2c(O)[nH]c3cc(Cl)c(-c4ccc(C5(OC)CCC5)cc4)cc23)on1. The minimum absolute atomic E-state index is 0.0377. The molecule has 5 rings (SSSR count). The summed E-state index contributed by atoms with van der Waals surface area (Å²) < 4.78 is 15.8. The van der Waals surface area contributed by atoms with Gasteiger partial charge in [-0.2, -0.15) is 0 Å². The van der Waals surface area contributed by atoms with E-state index in [0.717, 1.165) is 36.0 Å². The highest BCUT2D eigenvalue weighted by molar-refractivity contribution is 6.34. The number of hydrogen-bond donors (Lipinski definition) is 2. The molecule has 2 aromatic heterocycles. The minimum Gasteiger partial charge on any atom is -0.494 e. The van der Waals surface area contributed by atoms with Gasteiger partial charge in [0.1, 0.15) is 0 Å². The number of rotatable bonds is 6. The van der Waals surface area contributed by atoms with E-state index in [1.807, 2.05) is 12.1 Å². The third-order valence-corrected chi connectivity index (χ3v) is 6.60. The van der Waals surface area contributed by atoms with Gasteiger partial charge in [0, 0.05) is 18.1 Å². The average Bonchev–Trinajstić information content (AvgIpc) is 3.36. The summed E-state index contributed by atoms with van der Waals surface area (Å²) in [5.41, 5.74) is 3.20. The predicted molar refractivity (Wildman–Crippen MR) is 119 cm³/mol. The maximum atomic E-state index is 13.0. The van der Waals surface area contributed by atoms with Gasteiger partial charge in [0.25, 0.3) is 5.88 Å². The van der Waals surface area contributed by atoms with Crippen LogP contribution in [0.2, 0.25) is 5.02 Å². The lowest BCUT2D eigenvalue weighted by atomic mass is 9.74. The molecule has 0 saturated heterocycles. The lowest BCUT2D eigenvalue weighted by Gasteiger charge is -2.41. The zero-order chi connectivity index (χ0) is 22.5. The summed E-state index contributed by atoms with van der Waals surface area (Å²) in [7, 11) is 3.17. The van der Waals surface area contributed by atoms with Crippen LogP contribution in [0.4, 0.5) is 0 Å². The van der Waals surface area contributed by atoms with Crippen LogP contribution in [0.1, 0.15) is 40.9 Å². The molecule has 0 amide bonds. The van der Waals surface area contributed by atoms with Crippen molar-refractivity contribution in [2.24, 2.45) is 0 Å². The molecule has 0 atom stereocenters. The molecule has 1 fully saturated rings. The number of benzene rings is 2. The van der Waals surface area contributed by atoms with Crippen molar-refractivity contribution in [2.75, 3.05) is 14.2 Å². The molecular formula is C24H21ClN2O5. The molecule has 164 valence electrons. The topological polar surface area (TPSA) is 97.6 Å². The van der Waals surface area contributed by atoms with Crippen molar-refractivity contribution in [2.45, 2.75) is 24.9 Å². The number of hydrogen-bond acceptors (Lipinski definition) is 6. The quantitative estimate of drug-likeness (QED) is 0.378. The first-order valence-corrected chi connectivity index (χ1v) is 10.6. The summed E-state index contributed by atoms with van der Waals surface area (Å²) in [4.78, 5) is 15.8. The molecule has 2 N–H and O–H groups in total. The molecule has 0 radical (unpaired) electrons. The van der Waals surface area contributed by atoms with Crippen LogP contribution < -0.4 is 4.74 Å². The van der Waals surface area contributed by atoms with Gasteiger partial charge in [-0.05, 0) is 47.7 Å². The van der Waals surface area contributed by atoms with Crippen molar-refractivity contribution in [1.29, 1.82) is 0 Å². The Morgan fingerprint density at radius 1 is 1.19 bits per heavy atom. The van der Waals surface area contributed by atoms with Crippen molar-refractivity contribution in [3.05, 3.63) is 64.4 Å². The molecule has 2 heterocycles. The third-order valence-electron chi connectivity index (χ3n) is 6.29. The highest BCUT2D eigenvalue weighted by Gasteiger charge is 2.38. The minimum atomic E-state index is -0.514. The number of carbonyl (C=O) groups is 1. The van der Waals surface area contributed by atoms with E-state index >= 15 is 0 Å². The van der Waals surface area contributed by atoms with Gasteiger partial charge in [-0.25, -0.2) is 0 Å². The van der Waals surface area contributed by atoms with E-state index in [9.17, 15) is 9.90 Å². The van der Waals surface area contributed by atoms with Crippen LogP contribution in [-0.4, -0.2) is 35.3 Å². The van der Waals surface area contributed by atoms with Crippen molar-refractivity contribution in [3.63, 3.8) is 0 Å². The van der Waals surface area contributed by atoms with Crippen LogP contribution in [0.3, 0.4) is 0 Å². The molecule has 0 unspecified atom stereocenters. The lowest BCUT2D eigenvalue weighted by Crippen LogP contribution is -2.35. The molecule has 8 heteroatoms. The molecule has 0 bridgehead atoms. The standard InChI is InChI=1S/C24H21ClN2O5/c1-30-20-12-19(32-27-20)22(28)21-16-10-15(17(25)11-18(16)26-23(21)29)13-4-6-14(7-5-13)24(31-2)8-3-9-24/h4-7,10-12,26,29H,3,8-9H2,1-2H3. The molecule has 4 aromatic rings. The average molecular weight is 453 g/mol. The first-order chi connectivity index (χ1) is 15.5. The predicted octanol–water partition coefficient (Wildman–Crippen LogP) is 5.45. The van der Waals surface area contributed by atoms with Crippen molar-refractivity contribution >= 4 is 28.3 Å². The van der Waals surface area contributed by atoms with Gasteiger partial charge in [0.2, 0.25) is 17.4 Å². The zero-order valence-electron chi connectivity index (χ0n) is 17.6. The smallest absolute Gasteiger partial charge is 0.254 e. The van der Waals surface area contributed by atoms with Crippen molar-refractivity contribution in [3.8, 4) is 22.9 Å². The van der Waals surface area contributed by atoms with Gasteiger partial charge in [-0.1, -0.05) is 35.9 Å². The van der Waals surface area contributed by atoms with Gasteiger partial charge < -0.3 is 24.1 Å². The molecule has 1 aliphatic carbocycles. The van der Waals surface area contributed by atoms with Gasteiger partial charge >= 0.3 is 0 Å². The maximum absolute atomic E-state index is 13.0.